The molecule has 0 N–H and O–H groups in total. The number of aromatic nitrogens is 2. The van der Waals surface area contributed by atoms with Gasteiger partial charge in [0.15, 0.2) is 11.4 Å². The highest BCUT2D eigenvalue weighted by Crippen LogP contribution is 2.54. The van der Waals surface area contributed by atoms with Crippen molar-refractivity contribution in [3.05, 3.63) is 319 Å². The van der Waals surface area contributed by atoms with Gasteiger partial charge in [0.25, 0.3) is 6.71 Å². The average molecular weight is 1160 g/mol. The third-order valence-electron chi connectivity index (χ3n) is 18.3. The molecular weight excluding hydrogens is 1110 g/mol. The van der Waals surface area contributed by atoms with Crippen LogP contribution >= 0.6 is 0 Å². The number of hydrogen-bond acceptors (Lipinski definition) is 4. The number of rotatable bonds is 8. The van der Waals surface area contributed by atoms with Crippen LogP contribution in [0.15, 0.2) is 285 Å². The molecule has 2 aliphatic heterocycles. The van der Waals surface area contributed by atoms with Crippen molar-refractivity contribution in [3.8, 4) is 68.0 Å². The van der Waals surface area contributed by atoms with Crippen LogP contribution in [0.4, 0.5) is 45.5 Å². The van der Waals surface area contributed by atoms with E-state index in [4.69, 9.17) is 13.1 Å². The van der Waals surface area contributed by atoms with E-state index in [0.29, 0.717) is 22.5 Å². The summed E-state index contributed by atoms with van der Waals surface area (Å²) in [6, 6.07) is 105. The molecule has 9 heteroatoms. The Labute approximate surface area is 525 Å². The van der Waals surface area contributed by atoms with E-state index in [1.54, 1.807) is 0 Å². The number of anilines is 6. The predicted octanol–water partition coefficient (Wildman–Crippen LogP) is 19.5. The summed E-state index contributed by atoms with van der Waals surface area (Å²) in [5, 5.41) is 24.3. The van der Waals surface area contributed by atoms with E-state index in [0.717, 1.165) is 150 Å². The molecule has 418 valence electrons. The van der Waals surface area contributed by atoms with E-state index in [-0.39, 0.29) is 6.71 Å². The largest absolute Gasteiger partial charge is 0.310 e. The van der Waals surface area contributed by atoms with Crippen LogP contribution in [0.2, 0.25) is 0 Å². The topological polar surface area (TPSA) is 72.6 Å². The first-order valence-corrected chi connectivity index (χ1v) is 30.2. The second-order valence-corrected chi connectivity index (χ2v) is 23.2. The number of hydrogen-bond donors (Lipinski definition) is 0. The molecule has 17 rings (SSSR count). The molecule has 0 unspecified atom stereocenters. The highest BCUT2D eigenvalue weighted by Gasteiger charge is 2.46. The number of nitriles is 2. The first-order valence-electron chi connectivity index (χ1n) is 30.2. The standard InChI is InChI=1S/C82H47BN8/c1-86-58-35-40-74-68(45-58)66-43-52(50-84)33-38-72(66)88(74)60-37-42-77-71(47-60)83-70-31-15-16-32-76(70)90(81-62(54-19-7-3-8-20-54)27-17-28-63(81)55-21-9-4-10-22-55)78-48-61(89-73-39-34-53(51-85)44-67(73)69-46-59(87-2)36-41-75(69)89)49-79(80(78)83)91(77)82-64(56-23-11-5-12-24-56)29-18-30-65(82)57-25-13-6-14-26-57/h3-49H. The molecule has 0 bridgehead atoms. The second kappa shape index (κ2) is 20.9. The van der Waals surface area contributed by atoms with Gasteiger partial charge in [-0.25, -0.2) is 9.69 Å². The zero-order valence-corrected chi connectivity index (χ0v) is 48.8. The summed E-state index contributed by atoms with van der Waals surface area (Å²) < 4.78 is 4.61. The van der Waals surface area contributed by atoms with Crippen molar-refractivity contribution in [2.75, 3.05) is 9.80 Å². The molecule has 4 heterocycles. The molecule has 0 saturated heterocycles. The molecule has 0 amide bonds. The summed E-state index contributed by atoms with van der Waals surface area (Å²) in [5.41, 5.74) is 25.4. The Bertz CT molecular complexity index is 5450. The molecule has 0 saturated carbocycles. The van der Waals surface area contributed by atoms with Crippen molar-refractivity contribution in [2.24, 2.45) is 0 Å². The van der Waals surface area contributed by atoms with Gasteiger partial charge in [0.1, 0.15) is 0 Å². The van der Waals surface area contributed by atoms with Crippen LogP contribution in [-0.2, 0) is 0 Å². The zero-order chi connectivity index (χ0) is 60.8. The molecule has 0 radical (unpaired) electrons. The summed E-state index contributed by atoms with van der Waals surface area (Å²) in [4.78, 5) is 12.8. The third-order valence-corrected chi connectivity index (χ3v) is 18.3. The van der Waals surface area contributed by atoms with Gasteiger partial charge in [-0.1, -0.05) is 188 Å². The monoisotopic (exact) mass is 1150 g/mol. The van der Waals surface area contributed by atoms with E-state index in [2.05, 4.69) is 265 Å². The fourth-order valence-corrected chi connectivity index (χ4v) is 14.5. The maximum Gasteiger partial charge on any atom is 0.252 e. The number of nitrogens with zero attached hydrogens (tertiary/aromatic N) is 8. The molecule has 0 spiro atoms. The van der Waals surface area contributed by atoms with Crippen LogP contribution in [0.3, 0.4) is 0 Å². The van der Waals surface area contributed by atoms with Crippen LogP contribution in [0.25, 0.3) is 109 Å². The van der Waals surface area contributed by atoms with E-state index >= 15 is 0 Å². The molecule has 8 nitrogen and oxygen atoms in total. The van der Waals surface area contributed by atoms with Crippen molar-refractivity contribution in [3.63, 3.8) is 0 Å². The normalized spacial score (nSPS) is 12.1. The SMILES string of the molecule is [C-]#[N+]c1ccc2c(c1)c1cc(C#N)ccc1n2-c1ccc2c(c1)B1c3ccccc3N(c3c(-c4ccccc4)cccc3-c3ccccc3)c3cc(-n4c5ccc(C#N)cc5c5cc([N+]#[C-])ccc54)cc(c31)N2c1c(-c2ccccc2)cccc1-c1ccccc1. The molecule has 2 aliphatic rings. The smallest absolute Gasteiger partial charge is 0.252 e. The highest BCUT2D eigenvalue weighted by molar-refractivity contribution is 7.00. The maximum absolute atomic E-state index is 10.4. The average Bonchev–Trinajstić information content (AvgIpc) is 0.992. The molecule has 91 heavy (non-hydrogen) atoms. The van der Waals surface area contributed by atoms with Crippen molar-refractivity contribution >= 4 is 112 Å². The third kappa shape index (κ3) is 8.14. The summed E-state index contributed by atoms with van der Waals surface area (Å²) >= 11 is 0. The predicted molar refractivity (Wildman–Crippen MR) is 373 cm³/mol. The van der Waals surface area contributed by atoms with Gasteiger partial charge in [-0.3, -0.25) is 0 Å². The fraction of sp³-hybridized carbons (Fsp3) is 0. The van der Waals surface area contributed by atoms with Gasteiger partial charge >= 0.3 is 0 Å². The van der Waals surface area contributed by atoms with Gasteiger partial charge in [0.05, 0.1) is 75.5 Å². The molecule has 0 fully saturated rings. The lowest BCUT2D eigenvalue weighted by Gasteiger charge is -2.46. The summed E-state index contributed by atoms with van der Waals surface area (Å²) in [6.07, 6.45) is 0. The zero-order valence-electron chi connectivity index (χ0n) is 48.8. The lowest BCUT2D eigenvalue weighted by atomic mass is 9.33. The quantitative estimate of drug-likeness (QED) is 0.112. The first kappa shape index (κ1) is 52.4. The van der Waals surface area contributed by atoms with Crippen LogP contribution in [0.5, 0.6) is 0 Å². The van der Waals surface area contributed by atoms with Crippen LogP contribution in [0, 0.1) is 35.8 Å². The van der Waals surface area contributed by atoms with Crippen LogP contribution in [-0.4, -0.2) is 15.8 Å². The Kier molecular flexibility index (Phi) is 12.0. The lowest BCUT2D eigenvalue weighted by molar-refractivity contribution is 1.16. The van der Waals surface area contributed by atoms with Gasteiger partial charge < -0.3 is 18.9 Å². The minimum Gasteiger partial charge on any atom is -0.310 e. The minimum absolute atomic E-state index is 0.351. The molecule has 2 aromatic heterocycles. The molecule has 0 aliphatic carbocycles. The van der Waals surface area contributed by atoms with Gasteiger partial charge in [-0.2, -0.15) is 10.5 Å². The van der Waals surface area contributed by atoms with Gasteiger partial charge in [-0.15, -0.1) is 0 Å². The number of fused-ring (bicyclic) bond motifs is 10. The van der Waals surface area contributed by atoms with Crippen molar-refractivity contribution in [2.45, 2.75) is 0 Å². The highest BCUT2D eigenvalue weighted by atomic mass is 15.2. The Balaban J connectivity index is 1.07. The molecular formula is C82H47BN8. The maximum atomic E-state index is 10.4. The van der Waals surface area contributed by atoms with Crippen molar-refractivity contribution in [1.82, 2.24) is 9.13 Å². The van der Waals surface area contributed by atoms with Gasteiger partial charge in [0, 0.05) is 61.5 Å². The minimum atomic E-state index is -0.351. The van der Waals surface area contributed by atoms with E-state index in [1.165, 1.54) is 0 Å². The summed E-state index contributed by atoms with van der Waals surface area (Å²) in [6.45, 7) is 15.9. The van der Waals surface area contributed by atoms with Gasteiger partial charge in [-0.05, 0) is 146 Å². The number of benzene rings is 13. The number of para-hydroxylation sites is 3. The molecule has 0 atom stereocenters. The first-order chi connectivity index (χ1) is 45.0. The fourth-order valence-electron chi connectivity index (χ4n) is 14.5. The Morgan fingerprint density at radius 3 is 1.13 bits per heavy atom. The second-order valence-electron chi connectivity index (χ2n) is 23.2. The Morgan fingerprint density at radius 1 is 0.319 bits per heavy atom. The molecule has 15 aromatic rings. The van der Waals surface area contributed by atoms with Crippen molar-refractivity contribution in [1.29, 1.82) is 10.5 Å². The summed E-state index contributed by atoms with van der Waals surface area (Å²) in [5.74, 6) is 0. The van der Waals surface area contributed by atoms with Gasteiger partial charge in [0.2, 0.25) is 0 Å². The van der Waals surface area contributed by atoms with E-state index in [1.807, 2.05) is 60.7 Å². The lowest BCUT2D eigenvalue weighted by Crippen LogP contribution is -2.61. The van der Waals surface area contributed by atoms with Crippen LogP contribution < -0.4 is 26.2 Å². The molecule has 13 aromatic carbocycles. The summed E-state index contributed by atoms with van der Waals surface area (Å²) in [7, 11) is 0. The Hall–Kier alpha value is -12.9. The van der Waals surface area contributed by atoms with E-state index in [9.17, 15) is 10.5 Å². The Morgan fingerprint density at radius 2 is 0.703 bits per heavy atom. The van der Waals surface area contributed by atoms with Crippen LogP contribution in [0.1, 0.15) is 11.1 Å². The van der Waals surface area contributed by atoms with E-state index < -0.39 is 0 Å². The van der Waals surface area contributed by atoms with Crippen molar-refractivity contribution < 1.29 is 0 Å².